The molecule has 148 valence electrons. The fraction of sp³-hybridized carbons (Fsp3) is 0.208. The lowest BCUT2D eigenvalue weighted by molar-refractivity contribution is 0.354. The van der Waals surface area contributed by atoms with E-state index in [2.05, 4.69) is 41.0 Å². The number of imidazole rings is 1. The number of nitrogens with zero attached hydrogens (tertiary/aromatic N) is 2. The van der Waals surface area contributed by atoms with Gasteiger partial charge < -0.3 is 18.8 Å². The number of aromatic nitrogens is 2. The van der Waals surface area contributed by atoms with Crippen LogP contribution in [0.4, 0.5) is 0 Å². The molecule has 0 unspecified atom stereocenters. The van der Waals surface area contributed by atoms with Crippen molar-refractivity contribution in [2.24, 2.45) is 0 Å². The molecule has 3 aromatic carbocycles. The largest absolute Gasteiger partial charge is 0.497 e. The second kappa shape index (κ2) is 8.27. The highest BCUT2D eigenvalue weighted by molar-refractivity contribution is 5.76. The van der Waals surface area contributed by atoms with Crippen LogP contribution in [0, 0.1) is 0 Å². The summed E-state index contributed by atoms with van der Waals surface area (Å²) < 4.78 is 18.4. The molecule has 0 bridgehead atoms. The van der Waals surface area contributed by atoms with Gasteiger partial charge in [0.2, 0.25) is 0 Å². The fourth-order valence-corrected chi connectivity index (χ4v) is 3.52. The fourth-order valence-electron chi connectivity index (χ4n) is 3.52. The highest BCUT2D eigenvalue weighted by Crippen LogP contribution is 2.29. The Morgan fingerprint density at radius 3 is 2.21 bits per heavy atom. The van der Waals surface area contributed by atoms with Crippen LogP contribution < -0.4 is 14.2 Å². The van der Waals surface area contributed by atoms with Crippen molar-refractivity contribution in [3.8, 4) is 17.2 Å². The molecular formula is C24H24N2O3. The Kier molecular flexibility index (Phi) is 5.38. The molecule has 0 aliphatic heterocycles. The van der Waals surface area contributed by atoms with Crippen LogP contribution in [0.2, 0.25) is 0 Å². The predicted octanol–water partition coefficient (Wildman–Crippen LogP) is 4.70. The van der Waals surface area contributed by atoms with Gasteiger partial charge in [-0.1, -0.05) is 30.3 Å². The summed E-state index contributed by atoms with van der Waals surface area (Å²) in [6.07, 6.45) is 0.700. The molecule has 29 heavy (non-hydrogen) atoms. The van der Waals surface area contributed by atoms with Gasteiger partial charge in [0.1, 0.15) is 11.6 Å². The van der Waals surface area contributed by atoms with Crippen LogP contribution >= 0.6 is 0 Å². The number of fused-ring (bicyclic) bond motifs is 1. The summed E-state index contributed by atoms with van der Waals surface area (Å²) >= 11 is 0. The molecule has 0 saturated heterocycles. The Morgan fingerprint density at radius 2 is 1.48 bits per heavy atom. The first kappa shape index (κ1) is 18.9. The van der Waals surface area contributed by atoms with Gasteiger partial charge in [0.25, 0.3) is 0 Å². The molecule has 1 aromatic heterocycles. The number of benzene rings is 3. The van der Waals surface area contributed by atoms with Crippen LogP contribution in [0.15, 0.2) is 66.7 Å². The summed E-state index contributed by atoms with van der Waals surface area (Å²) in [6.45, 7) is 0.743. The van der Waals surface area contributed by atoms with Crippen molar-refractivity contribution in [1.29, 1.82) is 0 Å². The van der Waals surface area contributed by atoms with Gasteiger partial charge in [-0.15, -0.1) is 0 Å². The first-order valence-corrected chi connectivity index (χ1v) is 9.50. The molecule has 5 nitrogen and oxygen atoms in total. The molecule has 1 heterocycles. The molecule has 0 amide bonds. The van der Waals surface area contributed by atoms with E-state index in [-0.39, 0.29) is 0 Å². The van der Waals surface area contributed by atoms with E-state index in [1.807, 2.05) is 30.3 Å². The molecule has 0 saturated carbocycles. The van der Waals surface area contributed by atoms with Gasteiger partial charge in [0.05, 0.1) is 32.4 Å². The van der Waals surface area contributed by atoms with Gasteiger partial charge in [-0.3, -0.25) is 0 Å². The zero-order valence-corrected chi connectivity index (χ0v) is 16.9. The van der Waals surface area contributed by atoms with Gasteiger partial charge in [0.15, 0.2) is 11.5 Å². The van der Waals surface area contributed by atoms with Crippen molar-refractivity contribution in [2.75, 3.05) is 21.3 Å². The van der Waals surface area contributed by atoms with Crippen LogP contribution in [-0.2, 0) is 13.0 Å². The van der Waals surface area contributed by atoms with Gasteiger partial charge in [-0.2, -0.15) is 0 Å². The molecule has 0 aliphatic rings. The predicted molar refractivity (Wildman–Crippen MR) is 114 cm³/mol. The highest BCUT2D eigenvalue weighted by Gasteiger charge is 2.13. The monoisotopic (exact) mass is 388 g/mol. The minimum atomic E-state index is 0.700. The van der Waals surface area contributed by atoms with Crippen molar-refractivity contribution < 1.29 is 14.2 Å². The van der Waals surface area contributed by atoms with Gasteiger partial charge in [-0.25, -0.2) is 4.98 Å². The molecule has 4 aromatic rings. The zero-order chi connectivity index (χ0) is 20.2. The normalized spacial score (nSPS) is 10.9. The number of rotatable bonds is 7. The van der Waals surface area contributed by atoms with Crippen molar-refractivity contribution in [3.63, 3.8) is 0 Å². The lowest BCUT2D eigenvalue weighted by Gasteiger charge is -2.12. The molecule has 0 radical (unpaired) electrons. The zero-order valence-electron chi connectivity index (χ0n) is 16.9. The molecule has 0 fully saturated rings. The standard InChI is InChI=1S/C24H24N2O3/c1-27-19-11-8-17(9-12-19)16-26-21-7-5-4-6-20(21)25-24(26)15-18-10-13-22(28-2)23(14-18)29-3/h4-14H,15-16H2,1-3H3. The van der Waals surface area contributed by atoms with E-state index in [1.165, 1.54) is 5.56 Å². The van der Waals surface area contributed by atoms with Gasteiger partial charge in [0, 0.05) is 13.0 Å². The summed E-state index contributed by atoms with van der Waals surface area (Å²) in [5, 5.41) is 0. The second-order valence-electron chi connectivity index (χ2n) is 6.82. The van der Waals surface area contributed by atoms with Gasteiger partial charge in [-0.05, 0) is 47.5 Å². The molecular weight excluding hydrogens is 364 g/mol. The lowest BCUT2D eigenvalue weighted by atomic mass is 10.1. The molecule has 0 N–H and O–H groups in total. The Labute approximate surface area is 170 Å². The van der Waals surface area contributed by atoms with Gasteiger partial charge >= 0.3 is 0 Å². The third-order valence-corrected chi connectivity index (χ3v) is 5.04. The van der Waals surface area contributed by atoms with E-state index in [0.717, 1.165) is 46.2 Å². The van der Waals surface area contributed by atoms with E-state index in [9.17, 15) is 0 Å². The average Bonchev–Trinajstić information content (AvgIpc) is 3.11. The quantitative estimate of drug-likeness (QED) is 0.460. The highest BCUT2D eigenvalue weighted by atomic mass is 16.5. The topological polar surface area (TPSA) is 45.5 Å². The average molecular weight is 388 g/mol. The summed E-state index contributed by atoms with van der Waals surface area (Å²) in [6, 6.07) is 22.4. The molecule has 0 aliphatic carbocycles. The molecule has 5 heteroatoms. The Hall–Kier alpha value is -3.47. The van der Waals surface area contributed by atoms with E-state index in [0.29, 0.717) is 6.42 Å². The first-order chi connectivity index (χ1) is 14.2. The van der Waals surface area contributed by atoms with Crippen molar-refractivity contribution in [3.05, 3.63) is 83.7 Å². The van der Waals surface area contributed by atoms with Crippen LogP contribution in [0.5, 0.6) is 17.2 Å². The van der Waals surface area contributed by atoms with E-state index in [4.69, 9.17) is 19.2 Å². The SMILES string of the molecule is COc1ccc(Cn2c(Cc3ccc(OC)c(OC)c3)nc3ccccc32)cc1. The smallest absolute Gasteiger partial charge is 0.161 e. The molecule has 0 atom stereocenters. The van der Waals surface area contributed by atoms with Crippen LogP contribution in [0.3, 0.4) is 0 Å². The number of methoxy groups -OCH3 is 3. The third kappa shape index (κ3) is 3.90. The number of hydrogen-bond acceptors (Lipinski definition) is 4. The second-order valence-corrected chi connectivity index (χ2v) is 6.82. The van der Waals surface area contributed by atoms with Crippen molar-refractivity contribution in [1.82, 2.24) is 9.55 Å². The maximum absolute atomic E-state index is 5.46. The van der Waals surface area contributed by atoms with Crippen LogP contribution in [0.1, 0.15) is 17.0 Å². The van der Waals surface area contributed by atoms with E-state index < -0.39 is 0 Å². The Balaban J connectivity index is 1.71. The van der Waals surface area contributed by atoms with Crippen LogP contribution in [-0.4, -0.2) is 30.9 Å². The van der Waals surface area contributed by atoms with Crippen molar-refractivity contribution >= 4 is 11.0 Å². The van der Waals surface area contributed by atoms with Crippen LogP contribution in [0.25, 0.3) is 11.0 Å². The minimum Gasteiger partial charge on any atom is -0.497 e. The maximum Gasteiger partial charge on any atom is 0.161 e. The Morgan fingerprint density at radius 1 is 0.759 bits per heavy atom. The molecule has 4 rings (SSSR count). The summed E-state index contributed by atoms with van der Waals surface area (Å²) in [7, 11) is 4.98. The van der Waals surface area contributed by atoms with E-state index >= 15 is 0 Å². The van der Waals surface area contributed by atoms with Crippen molar-refractivity contribution in [2.45, 2.75) is 13.0 Å². The van der Waals surface area contributed by atoms with E-state index in [1.54, 1.807) is 21.3 Å². The minimum absolute atomic E-state index is 0.700. The summed E-state index contributed by atoms with van der Waals surface area (Å²) in [5.41, 5.74) is 4.44. The summed E-state index contributed by atoms with van der Waals surface area (Å²) in [4.78, 5) is 4.90. The Bertz CT molecular complexity index is 1120. The third-order valence-electron chi connectivity index (χ3n) is 5.04. The molecule has 0 spiro atoms. The first-order valence-electron chi connectivity index (χ1n) is 9.50. The number of para-hydroxylation sites is 2. The maximum atomic E-state index is 5.46. The number of hydrogen-bond donors (Lipinski definition) is 0. The lowest BCUT2D eigenvalue weighted by Crippen LogP contribution is -2.06. The summed E-state index contributed by atoms with van der Waals surface area (Å²) in [5.74, 6) is 3.31. The number of ether oxygens (including phenoxy) is 3.